The highest BCUT2D eigenvalue weighted by atomic mass is 32.2. The number of pyridine rings is 1. The Labute approximate surface area is 137 Å². The molecule has 6 nitrogen and oxygen atoms in total. The van der Waals surface area contributed by atoms with E-state index in [9.17, 15) is 8.42 Å². The summed E-state index contributed by atoms with van der Waals surface area (Å²) in [7, 11) is -3.69. The van der Waals surface area contributed by atoms with Gasteiger partial charge in [0.05, 0.1) is 0 Å². The summed E-state index contributed by atoms with van der Waals surface area (Å²) in [5, 5.41) is 8.22. The zero-order valence-corrected chi connectivity index (χ0v) is 14.0. The number of benzene rings is 1. The molecule has 124 valence electrons. The van der Waals surface area contributed by atoms with Gasteiger partial charge in [-0.2, -0.15) is 0 Å². The van der Waals surface area contributed by atoms with Crippen LogP contribution in [0.2, 0.25) is 0 Å². The first kappa shape index (κ1) is 17.2. The number of aromatic nitrogens is 1. The highest BCUT2D eigenvalue weighted by molar-refractivity contribution is 7.89. The molecule has 1 aromatic heterocycles. The fourth-order valence-electron chi connectivity index (χ4n) is 2.25. The van der Waals surface area contributed by atoms with Crippen molar-refractivity contribution in [3.05, 3.63) is 48.7 Å². The van der Waals surface area contributed by atoms with Gasteiger partial charge in [-0.3, -0.25) is 0 Å². The second kappa shape index (κ2) is 7.94. The first-order valence-electron chi connectivity index (χ1n) is 7.53. The summed E-state index contributed by atoms with van der Waals surface area (Å²) in [6.07, 6.45) is 2.21. The number of primary sulfonamides is 1. The van der Waals surface area contributed by atoms with Crippen LogP contribution in [0.1, 0.15) is 13.3 Å². The number of sulfonamides is 1. The van der Waals surface area contributed by atoms with E-state index >= 15 is 0 Å². The van der Waals surface area contributed by atoms with Crippen molar-refractivity contribution in [1.82, 2.24) is 4.98 Å². The number of hydrogen-bond donors (Lipinski definition) is 2. The molecule has 0 aliphatic heterocycles. The van der Waals surface area contributed by atoms with Gasteiger partial charge in [0, 0.05) is 31.5 Å². The van der Waals surface area contributed by atoms with E-state index < -0.39 is 10.0 Å². The average Bonchev–Trinajstić information content (AvgIpc) is 2.55. The van der Waals surface area contributed by atoms with Gasteiger partial charge in [-0.15, -0.1) is 0 Å². The zero-order chi connectivity index (χ0) is 16.7. The maximum Gasteiger partial charge on any atom is 0.239 e. The fraction of sp³-hybridized carbons (Fsp3) is 0.312. The van der Waals surface area contributed by atoms with Crippen molar-refractivity contribution in [1.29, 1.82) is 0 Å². The zero-order valence-electron chi connectivity index (χ0n) is 13.1. The number of rotatable bonds is 8. The van der Waals surface area contributed by atoms with Crippen molar-refractivity contribution in [3.63, 3.8) is 0 Å². The van der Waals surface area contributed by atoms with Gasteiger partial charge in [0.2, 0.25) is 10.0 Å². The fourth-order valence-corrected chi connectivity index (χ4v) is 2.71. The van der Waals surface area contributed by atoms with Gasteiger partial charge >= 0.3 is 0 Å². The molecule has 0 saturated carbocycles. The molecule has 3 N–H and O–H groups in total. The molecular formula is C16H22N4O2S. The number of para-hydroxylation sites is 1. The minimum Gasteiger partial charge on any atom is -0.372 e. The smallest absolute Gasteiger partial charge is 0.239 e. The SMILES string of the molecule is CCN(CCCNc1ccc(S(N)(=O)=O)cn1)c1ccccc1. The third kappa shape index (κ3) is 5.22. The van der Waals surface area contributed by atoms with E-state index in [2.05, 4.69) is 34.3 Å². The Morgan fingerprint density at radius 3 is 2.48 bits per heavy atom. The summed E-state index contributed by atoms with van der Waals surface area (Å²) in [6.45, 7) is 4.77. The van der Waals surface area contributed by atoms with E-state index in [4.69, 9.17) is 5.14 Å². The molecule has 0 saturated heterocycles. The Morgan fingerprint density at radius 1 is 1.17 bits per heavy atom. The van der Waals surface area contributed by atoms with Crippen LogP contribution in [0.5, 0.6) is 0 Å². The van der Waals surface area contributed by atoms with E-state index in [1.54, 1.807) is 6.07 Å². The molecule has 0 radical (unpaired) electrons. The van der Waals surface area contributed by atoms with Crippen LogP contribution in [0, 0.1) is 0 Å². The third-order valence-corrected chi connectivity index (χ3v) is 4.38. The summed E-state index contributed by atoms with van der Waals surface area (Å²) in [5.74, 6) is 0.639. The molecule has 1 heterocycles. The molecule has 0 aliphatic carbocycles. The largest absolute Gasteiger partial charge is 0.372 e. The summed E-state index contributed by atoms with van der Waals surface area (Å²) in [6, 6.07) is 13.4. The molecule has 2 rings (SSSR count). The molecule has 0 bridgehead atoms. The monoisotopic (exact) mass is 334 g/mol. The molecule has 23 heavy (non-hydrogen) atoms. The van der Waals surface area contributed by atoms with Crippen molar-refractivity contribution in [2.75, 3.05) is 29.9 Å². The van der Waals surface area contributed by atoms with Crippen LogP contribution >= 0.6 is 0 Å². The maximum absolute atomic E-state index is 11.2. The van der Waals surface area contributed by atoms with Crippen molar-refractivity contribution in [3.8, 4) is 0 Å². The van der Waals surface area contributed by atoms with Crippen LogP contribution in [0.3, 0.4) is 0 Å². The Kier molecular flexibility index (Phi) is 5.95. The molecule has 0 atom stereocenters. The van der Waals surface area contributed by atoms with E-state index in [0.717, 1.165) is 26.1 Å². The lowest BCUT2D eigenvalue weighted by atomic mass is 10.2. The van der Waals surface area contributed by atoms with Crippen molar-refractivity contribution >= 4 is 21.5 Å². The van der Waals surface area contributed by atoms with E-state index in [0.29, 0.717) is 5.82 Å². The highest BCUT2D eigenvalue weighted by Gasteiger charge is 2.07. The predicted octanol–water partition coefficient (Wildman–Crippen LogP) is 2.06. The summed E-state index contributed by atoms with van der Waals surface area (Å²) in [4.78, 5) is 6.38. The van der Waals surface area contributed by atoms with Gasteiger partial charge in [0.1, 0.15) is 10.7 Å². The molecular weight excluding hydrogens is 312 g/mol. The van der Waals surface area contributed by atoms with Crippen molar-refractivity contribution < 1.29 is 8.42 Å². The van der Waals surface area contributed by atoms with Gasteiger partial charge in [-0.25, -0.2) is 18.5 Å². The topological polar surface area (TPSA) is 88.3 Å². The summed E-state index contributed by atoms with van der Waals surface area (Å²) < 4.78 is 22.3. The lowest BCUT2D eigenvalue weighted by Gasteiger charge is -2.23. The van der Waals surface area contributed by atoms with Crippen molar-refractivity contribution in [2.24, 2.45) is 5.14 Å². The maximum atomic E-state index is 11.2. The van der Waals surface area contributed by atoms with Crippen LogP contribution in [0.25, 0.3) is 0 Å². The molecule has 0 fully saturated rings. The minimum absolute atomic E-state index is 0.0179. The van der Waals surface area contributed by atoms with Crippen LogP contribution in [0.4, 0.5) is 11.5 Å². The van der Waals surface area contributed by atoms with Gasteiger partial charge in [-0.1, -0.05) is 18.2 Å². The van der Waals surface area contributed by atoms with Crippen LogP contribution in [-0.4, -0.2) is 33.0 Å². The second-order valence-electron chi connectivity index (χ2n) is 5.12. The van der Waals surface area contributed by atoms with Crippen LogP contribution < -0.4 is 15.4 Å². The molecule has 0 amide bonds. The minimum atomic E-state index is -3.69. The third-order valence-electron chi connectivity index (χ3n) is 3.48. The lowest BCUT2D eigenvalue weighted by Crippen LogP contribution is -2.25. The number of anilines is 2. The molecule has 2 aromatic rings. The quantitative estimate of drug-likeness (QED) is 0.721. The Balaban J connectivity index is 1.81. The summed E-state index contributed by atoms with van der Waals surface area (Å²) in [5.41, 5.74) is 1.21. The van der Waals surface area contributed by atoms with E-state index in [-0.39, 0.29) is 4.90 Å². The average molecular weight is 334 g/mol. The first-order valence-corrected chi connectivity index (χ1v) is 9.08. The number of hydrogen-bond acceptors (Lipinski definition) is 5. The second-order valence-corrected chi connectivity index (χ2v) is 6.68. The van der Waals surface area contributed by atoms with Gasteiger partial charge in [0.25, 0.3) is 0 Å². The van der Waals surface area contributed by atoms with Gasteiger partial charge < -0.3 is 10.2 Å². The normalized spacial score (nSPS) is 11.2. The van der Waals surface area contributed by atoms with E-state index in [1.807, 2.05) is 18.2 Å². The highest BCUT2D eigenvalue weighted by Crippen LogP contribution is 2.13. The van der Waals surface area contributed by atoms with Gasteiger partial charge in [0.15, 0.2) is 0 Å². The molecule has 1 aromatic carbocycles. The number of nitrogens with zero attached hydrogens (tertiary/aromatic N) is 2. The summed E-state index contributed by atoms with van der Waals surface area (Å²) >= 11 is 0. The molecule has 0 spiro atoms. The number of nitrogens with two attached hydrogens (primary N) is 1. The standard InChI is InChI=1S/C16H22N4O2S/c1-2-20(14-7-4-3-5-8-14)12-6-11-18-16-10-9-15(13-19-16)23(17,21)22/h3-5,7-10,13H,2,6,11-12H2,1H3,(H,18,19)(H2,17,21,22). The Hall–Kier alpha value is -2.12. The van der Waals surface area contributed by atoms with Crippen molar-refractivity contribution in [2.45, 2.75) is 18.2 Å². The lowest BCUT2D eigenvalue weighted by molar-refractivity contribution is 0.597. The number of nitrogens with one attached hydrogen (secondary N) is 1. The Morgan fingerprint density at radius 2 is 1.91 bits per heavy atom. The van der Waals surface area contributed by atoms with Crippen LogP contribution in [0.15, 0.2) is 53.6 Å². The Bertz CT molecular complexity index is 703. The first-order chi connectivity index (χ1) is 11.0. The predicted molar refractivity (Wildman–Crippen MR) is 93.0 cm³/mol. The van der Waals surface area contributed by atoms with E-state index in [1.165, 1.54) is 18.0 Å². The van der Waals surface area contributed by atoms with Gasteiger partial charge in [-0.05, 0) is 37.6 Å². The molecule has 7 heteroatoms. The van der Waals surface area contributed by atoms with Crippen LogP contribution in [-0.2, 0) is 10.0 Å². The molecule has 0 aliphatic rings. The molecule has 0 unspecified atom stereocenters.